The quantitative estimate of drug-likeness (QED) is 0.236. The second-order valence-electron chi connectivity index (χ2n) is 7.77. The molecule has 2 aromatic heterocycles. The highest BCUT2D eigenvalue weighted by atomic mass is 32.1. The molecule has 3 aromatic rings. The molecule has 0 aliphatic rings. The van der Waals surface area contributed by atoms with E-state index in [0.29, 0.717) is 22.3 Å². The van der Waals surface area contributed by atoms with Crippen molar-refractivity contribution < 1.29 is 17.9 Å². The van der Waals surface area contributed by atoms with Crippen LogP contribution in [-0.4, -0.2) is 16.6 Å². The third-order valence-corrected chi connectivity index (χ3v) is 5.86. The summed E-state index contributed by atoms with van der Waals surface area (Å²) in [4.78, 5) is 8.73. The summed E-state index contributed by atoms with van der Waals surface area (Å²) < 4.78 is 46.5. The van der Waals surface area contributed by atoms with Crippen LogP contribution < -0.4 is 15.4 Å². The van der Waals surface area contributed by atoms with Gasteiger partial charge in [0.2, 0.25) is 0 Å². The largest absolute Gasteiger partial charge is 0.493 e. The Bertz CT molecular complexity index is 1050. The highest BCUT2D eigenvalue weighted by Crippen LogP contribution is 2.39. The van der Waals surface area contributed by atoms with E-state index in [2.05, 4.69) is 34.1 Å². The van der Waals surface area contributed by atoms with Crippen LogP contribution in [0.2, 0.25) is 0 Å². The van der Waals surface area contributed by atoms with Gasteiger partial charge < -0.3 is 15.4 Å². The van der Waals surface area contributed by atoms with E-state index in [1.54, 1.807) is 18.3 Å². The summed E-state index contributed by atoms with van der Waals surface area (Å²) in [6, 6.07) is 7.66. The Hall–Kier alpha value is -3.07. The van der Waals surface area contributed by atoms with Gasteiger partial charge in [0.15, 0.2) is 5.13 Å². The molecule has 5 nitrogen and oxygen atoms in total. The summed E-state index contributed by atoms with van der Waals surface area (Å²) in [6.45, 7) is 6.01. The van der Waals surface area contributed by atoms with Gasteiger partial charge in [0.05, 0.1) is 17.9 Å². The van der Waals surface area contributed by atoms with Gasteiger partial charge in [-0.2, -0.15) is 13.2 Å². The number of unbranched alkanes of at least 4 members (excludes halogenated alkanes) is 5. The molecule has 0 saturated carbocycles. The van der Waals surface area contributed by atoms with Crippen LogP contribution in [0.3, 0.4) is 0 Å². The van der Waals surface area contributed by atoms with E-state index >= 15 is 0 Å². The van der Waals surface area contributed by atoms with Crippen molar-refractivity contribution in [2.45, 2.75) is 51.6 Å². The van der Waals surface area contributed by atoms with E-state index in [4.69, 9.17) is 4.74 Å². The summed E-state index contributed by atoms with van der Waals surface area (Å²) in [5, 5.41) is 8.17. The minimum Gasteiger partial charge on any atom is -0.493 e. The number of alkyl halides is 3. The highest BCUT2D eigenvalue weighted by molar-refractivity contribution is 7.14. The molecule has 2 heterocycles. The summed E-state index contributed by atoms with van der Waals surface area (Å²) in [5.74, 6) is 0.511. The average Bonchev–Trinajstić information content (AvgIpc) is 3.27. The maximum absolute atomic E-state index is 13.7. The minimum absolute atomic E-state index is 0.147. The lowest BCUT2D eigenvalue weighted by atomic mass is 10.1. The molecule has 0 radical (unpaired) electrons. The fourth-order valence-corrected chi connectivity index (χ4v) is 4.08. The molecule has 0 aliphatic heterocycles. The number of thiazole rings is 1. The Morgan fingerprint density at radius 3 is 2.59 bits per heavy atom. The number of nitrogens with one attached hydrogen (secondary N) is 2. The van der Waals surface area contributed by atoms with Crippen LogP contribution in [0.4, 0.5) is 29.8 Å². The Labute approximate surface area is 202 Å². The zero-order valence-electron chi connectivity index (χ0n) is 19.1. The van der Waals surface area contributed by atoms with Gasteiger partial charge in [0.25, 0.3) is 0 Å². The van der Waals surface area contributed by atoms with Gasteiger partial charge in [0, 0.05) is 22.8 Å². The van der Waals surface area contributed by atoms with E-state index < -0.39 is 11.7 Å². The summed E-state index contributed by atoms with van der Waals surface area (Å²) in [6.07, 6.45) is 4.95. The lowest BCUT2D eigenvalue weighted by Gasteiger charge is -2.15. The molecule has 3 rings (SSSR count). The van der Waals surface area contributed by atoms with Crippen molar-refractivity contribution in [3.05, 3.63) is 60.3 Å². The van der Waals surface area contributed by atoms with Crippen molar-refractivity contribution >= 4 is 28.0 Å². The number of anilines is 3. The molecular weight excluding hydrogens is 461 g/mol. The van der Waals surface area contributed by atoms with Crippen molar-refractivity contribution in [1.82, 2.24) is 9.97 Å². The van der Waals surface area contributed by atoms with Crippen molar-refractivity contribution in [2.24, 2.45) is 0 Å². The molecule has 0 fully saturated rings. The van der Waals surface area contributed by atoms with Gasteiger partial charge in [0.1, 0.15) is 11.6 Å². The van der Waals surface area contributed by atoms with Crippen LogP contribution in [0.1, 0.15) is 51.0 Å². The summed E-state index contributed by atoms with van der Waals surface area (Å²) >= 11 is 1.30. The number of rotatable bonds is 13. The molecule has 2 N–H and O–H groups in total. The topological polar surface area (TPSA) is 59.1 Å². The number of ether oxygens (including phenoxy) is 1. The van der Waals surface area contributed by atoms with Crippen LogP contribution in [0.25, 0.3) is 11.3 Å². The second-order valence-corrected chi connectivity index (χ2v) is 8.63. The molecule has 0 amide bonds. The van der Waals surface area contributed by atoms with Gasteiger partial charge in [-0.15, -0.1) is 11.3 Å². The SMILES string of the molecule is C=CNc1ccc(-c2csc(Nc3ccc(OCCCCCCCC)c(C(F)(F)F)c3)n2)cn1. The maximum atomic E-state index is 13.7. The van der Waals surface area contributed by atoms with E-state index in [1.165, 1.54) is 30.0 Å². The standard InChI is InChI=1S/C25H29F3N4OS/c1-3-5-6-7-8-9-14-33-22-12-11-19(15-20(22)25(26,27)28)31-24-32-21(17-34-24)18-10-13-23(29-4-2)30-16-18/h4,10-13,15-17H,2-3,5-9,14H2,1H3,(H,29,30)(H,31,32). The van der Waals surface area contributed by atoms with Crippen molar-refractivity contribution in [3.8, 4) is 17.0 Å². The molecule has 0 saturated heterocycles. The molecule has 34 heavy (non-hydrogen) atoms. The number of pyridine rings is 1. The van der Waals surface area contributed by atoms with Crippen LogP contribution >= 0.6 is 11.3 Å². The van der Waals surface area contributed by atoms with Crippen molar-refractivity contribution in [1.29, 1.82) is 0 Å². The van der Waals surface area contributed by atoms with Gasteiger partial charge in [-0.25, -0.2) is 9.97 Å². The van der Waals surface area contributed by atoms with Crippen LogP contribution in [0.15, 0.2) is 54.7 Å². The predicted octanol–water partition coefficient (Wildman–Crippen LogP) is 8.26. The summed E-state index contributed by atoms with van der Waals surface area (Å²) in [5.41, 5.74) is 0.979. The minimum atomic E-state index is -4.52. The molecule has 0 bridgehead atoms. The fourth-order valence-electron chi connectivity index (χ4n) is 3.34. The fraction of sp³-hybridized carbons (Fsp3) is 0.360. The first-order valence-electron chi connectivity index (χ1n) is 11.3. The van der Waals surface area contributed by atoms with Crippen molar-refractivity contribution in [2.75, 3.05) is 17.2 Å². The normalized spacial score (nSPS) is 11.3. The van der Waals surface area contributed by atoms with E-state index in [-0.39, 0.29) is 12.4 Å². The van der Waals surface area contributed by atoms with Gasteiger partial charge in [-0.1, -0.05) is 45.6 Å². The maximum Gasteiger partial charge on any atom is 0.420 e. The molecule has 0 spiro atoms. The highest BCUT2D eigenvalue weighted by Gasteiger charge is 2.34. The molecule has 0 unspecified atom stereocenters. The molecule has 0 atom stereocenters. The first kappa shape index (κ1) is 25.6. The number of aromatic nitrogens is 2. The van der Waals surface area contributed by atoms with Crippen molar-refractivity contribution in [3.63, 3.8) is 0 Å². The van der Waals surface area contributed by atoms with Crippen LogP contribution in [0, 0.1) is 0 Å². The van der Waals surface area contributed by atoms with Gasteiger partial charge in [-0.05, 0) is 43.0 Å². The Kier molecular flexibility index (Phi) is 9.33. The average molecular weight is 491 g/mol. The Morgan fingerprint density at radius 2 is 1.88 bits per heavy atom. The predicted molar refractivity (Wildman–Crippen MR) is 133 cm³/mol. The lowest BCUT2D eigenvalue weighted by Crippen LogP contribution is -2.10. The molecule has 1 aromatic carbocycles. The number of nitrogens with zero attached hydrogens (tertiary/aromatic N) is 2. The monoisotopic (exact) mass is 490 g/mol. The van der Waals surface area contributed by atoms with E-state index in [1.807, 2.05) is 11.4 Å². The molecule has 182 valence electrons. The summed E-state index contributed by atoms with van der Waals surface area (Å²) in [7, 11) is 0. The number of hydrogen-bond donors (Lipinski definition) is 2. The smallest absolute Gasteiger partial charge is 0.420 e. The number of halogens is 3. The third kappa shape index (κ3) is 7.48. The first-order valence-corrected chi connectivity index (χ1v) is 12.2. The zero-order chi connectivity index (χ0) is 24.4. The van der Waals surface area contributed by atoms with Gasteiger partial charge in [-0.3, -0.25) is 0 Å². The van der Waals surface area contributed by atoms with Crippen LogP contribution in [-0.2, 0) is 6.18 Å². The lowest BCUT2D eigenvalue weighted by molar-refractivity contribution is -0.138. The zero-order valence-corrected chi connectivity index (χ0v) is 19.9. The van der Waals surface area contributed by atoms with E-state index in [0.717, 1.165) is 43.7 Å². The number of hydrogen-bond acceptors (Lipinski definition) is 6. The molecule has 9 heteroatoms. The second kappa shape index (κ2) is 12.4. The van der Waals surface area contributed by atoms with Gasteiger partial charge >= 0.3 is 6.18 Å². The molecule has 0 aliphatic carbocycles. The first-order chi connectivity index (χ1) is 16.4. The van der Waals surface area contributed by atoms with E-state index in [9.17, 15) is 13.2 Å². The Balaban J connectivity index is 1.64. The molecular formula is C25H29F3N4OS. The third-order valence-electron chi connectivity index (χ3n) is 5.11. The number of benzene rings is 1. The Morgan fingerprint density at radius 1 is 1.09 bits per heavy atom. The van der Waals surface area contributed by atoms with Crippen LogP contribution in [0.5, 0.6) is 5.75 Å².